The van der Waals surface area contributed by atoms with Gasteiger partial charge in [0.25, 0.3) is 0 Å². The van der Waals surface area contributed by atoms with Crippen molar-refractivity contribution in [3.05, 3.63) is 36.5 Å². The predicted octanol–water partition coefficient (Wildman–Crippen LogP) is 5.11. The van der Waals surface area contributed by atoms with Crippen LogP contribution in [-0.2, 0) is 9.53 Å². The minimum atomic E-state index is -0.314. The Morgan fingerprint density at radius 3 is 2.48 bits per heavy atom. The fourth-order valence-corrected chi connectivity index (χ4v) is 2.09. The maximum atomic E-state index is 11.1. The molecule has 0 fully saturated rings. The van der Waals surface area contributed by atoms with E-state index in [-0.39, 0.29) is 12.1 Å². The normalized spacial score (nSPS) is 13.3. The molecule has 23 heavy (non-hydrogen) atoms. The third kappa shape index (κ3) is 16.8. The van der Waals surface area contributed by atoms with E-state index in [2.05, 4.69) is 25.2 Å². The van der Waals surface area contributed by atoms with Crippen molar-refractivity contribution in [1.82, 2.24) is 0 Å². The molecular weight excluding hydrogens is 288 g/mol. The van der Waals surface area contributed by atoms with E-state index in [1.54, 1.807) is 0 Å². The average molecular weight is 322 g/mol. The van der Waals surface area contributed by atoms with Crippen LogP contribution in [0.2, 0.25) is 0 Å². The van der Waals surface area contributed by atoms with Crippen molar-refractivity contribution in [2.75, 3.05) is 6.61 Å². The highest BCUT2D eigenvalue weighted by Crippen LogP contribution is 2.04. The second kappa shape index (κ2) is 17.0. The van der Waals surface area contributed by atoms with Gasteiger partial charge in [-0.3, -0.25) is 4.79 Å². The first kappa shape index (κ1) is 21.6. The van der Waals surface area contributed by atoms with Gasteiger partial charge in [-0.1, -0.05) is 62.6 Å². The number of aliphatic hydroxyl groups is 1. The van der Waals surface area contributed by atoms with Crippen LogP contribution in [0.25, 0.3) is 0 Å². The molecule has 0 unspecified atom stereocenters. The average Bonchev–Trinajstić information content (AvgIpc) is 2.53. The van der Waals surface area contributed by atoms with Crippen LogP contribution in [0.3, 0.4) is 0 Å². The lowest BCUT2D eigenvalue weighted by molar-refractivity contribution is -0.143. The van der Waals surface area contributed by atoms with Crippen LogP contribution in [-0.4, -0.2) is 23.8 Å². The van der Waals surface area contributed by atoms with Crippen LogP contribution in [0, 0.1) is 0 Å². The fraction of sp³-hybridized carbons (Fsp3) is 0.650. The summed E-state index contributed by atoms with van der Waals surface area (Å²) in [6.45, 7) is 4.46. The largest absolute Gasteiger partial charge is 0.466 e. The molecule has 0 spiro atoms. The number of ether oxygens (including phenoxy) is 1. The maximum absolute atomic E-state index is 11.1. The van der Waals surface area contributed by atoms with Gasteiger partial charge in [0.2, 0.25) is 0 Å². The summed E-state index contributed by atoms with van der Waals surface area (Å²) in [7, 11) is 0. The summed E-state index contributed by atoms with van der Waals surface area (Å²) >= 11 is 0. The molecule has 0 aromatic heterocycles. The molecule has 0 amide bonds. The number of hydrogen-bond donors (Lipinski definition) is 1. The molecular formula is C20H34O3. The van der Waals surface area contributed by atoms with Crippen molar-refractivity contribution in [1.29, 1.82) is 0 Å². The molecule has 0 aliphatic rings. The summed E-state index contributed by atoms with van der Waals surface area (Å²) in [6.07, 6.45) is 20.4. The first-order valence-electron chi connectivity index (χ1n) is 9.02. The zero-order chi connectivity index (χ0) is 17.2. The molecule has 1 N–H and O–H groups in total. The smallest absolute Gasteiger partial charge is 0.305 e. The molecule has 0 aliphatic heterocycles. The van der Waals surface area contributed by atoms with E-state index < -0.39 is 0 Å². The van der Waals surface area contributed by atoms with Gasteiger partial charge >= 0.3 is 5.97 Å². The number of carbonyl (C=O) groups is 1. The van der Waals surface area contributed by atoms with Crippen molar-refractivity contribution in [3.8, 4) is 0 Å². The van der Waals surface area contributed by atoms with Crippen molar-refractivity contribution in [3.63, 3.8) is 0 Å². The Balaban J connectivity index is 3.52. The van der Waals surface area contributed by atoms with E-state index in [1.807, 2.05) is 25.2 Å². The lowest BCUT2D eigenvalue weighted by Crippen LogP contribution is -2.02. The number of esters is 1. The standard InChI is InChI=1S/C20H34O3/c1-3-5-13-16-19(21)17-14-11-9-7-6-8-10-12-15-18-20(22)23-4-2/h8-11,14,17,19,21H,3-7,12-13,15-16,18H2,1-2H3/b10-8-,11-9-,17-14+/t19-/m0/s1. The Hall–Kier alpha value is -1.35. The van der Waals surface area contributed by atoms with Gasteiger partial charge < -0.3 is 9.84 Å². The number of aliphatic hydroxyl groups excluding tert-OH is 1. The highest BCUT2D eigenvalue weighted by molar-refractivity contribution is 5.69. The first-order valence-corrected chi connectivity index (χ1v) is 9.02. The fourth-order valence-electron chi connectivity index (χ4n) is 2.09. The molecule has 0 heterocycles. The summed E-state index contributed by atoms with van der Waals surface area (Å²) in [5.74, 6) is -0.104. The molecule has 3 nitrogen and oxygen atoms in total. The summed E-state index contributed by atoms with van der Waals surface area (Å²) in [6, 6.07) is 0. The molecule has 0 rings (SSSR count). The van der Waals surface area contributed by atoms with E-state index in [0.29, 0.717) is 13.0 Å². The van der Waals surface area contributed by atoms with Gasteiger partial charge in [0.15, 0.2) is 0 Å². The van der Waals surface area contributed by atoms with Crippen LogP contribution >= 0.6 is 0 Å². The Bertz CT molecular complexity index is 356. The molecule has 0 saturated carbocycles. The van der Waals surface area contributed by atoms with Crippen LogP contribution in [0.4, 0.5) is 0 Å². The Morgan fingerprint density at radius 1 is 1.00 bits per heavy atom. The molecule has 3 heteroatoms. The molecule has 0 bridgehead atoms. The van der Waals surface area contributed by atoms with Crippen LogP contribution < -0.4 is 0 Å². The lowest BCUT2D eigenvalue weighted by atomic mass is 10.1. The maximum Gasteiger partial charge on any atom is 0.305 e. The summed E-state index contributed by atoms with van der Waals surface area (Å²) in [5.41, 5.74) is 0. The molecule has 0 radical (unpaired) electrons. The zero-order valence-electron chi connectivity index (χ0n) is 14.9. The van der Waals surface area contributed by atoms with Gasteiger partial charge in [0, 0.05) is 6.42 Å². The van der Waals surface area contributed by atoms with Crippen molar-refractivity contribution >= 4 is 5.97 Å². The van der Waals surface area contributed by atoms with Crippen molar-refractivity contribution in [2.24, 2.45) is 0 Å². The van der Waals surface area contributed by atoms with Gasteiger partial charge in [-0.25, -0.2) is 0 Å². The minimum absolute atomic E-state index is 0.104. The quantitative estimate of drug-likeness (QED) is 0.209. The molecule has 0 aromatic rings. The molecule has 0 aliphatic carbocycles. The Kier molecular flexibility index (Phi) is 16.0. The summed E-state index contributed by atoms with van der Waals surface area (Å²) < 4.78 is 4.87. The first-order chi connectivity index (χ1) is 11.2. The number of rotatable bonds is 14. The second-order valence-electron chi connectivity index (χ2n) is 5.62. The zero-order valence-corrected chi connectivity index (χ0v) is 14.9. The Morgan fingerprint density at radius 2 is 1.74 bits per heavy atom. The second-order valence-corrected chi connectivity index (χ2v) is 5.62. The van der Waals surface area contributed by atoms with Gasteiger partial charge in [-0.2, -0.15) is 0 Å². The van der Waals surface area contributed by atoms with Crippen molar-refractivity contribution in [2.45, 2.75) is 77.7 Å². The number of hydrogen-bond acceptors (Lipinski definition) is 3. The van der Waals surface area contributed by atoms with Crippen LogP contribution in [0.5, 0.6) is 0 Å². The molecule has 132 valence electrons. The van der Waals surface area contributed by atoms with Crippen LogP contribution in [0.15, 0.2) is 36.5 Å². The highest BCUT2D eigenvalue weighted by atomic mass is 16.5. The Labute approximate surface area is 142 Å². The molecule has 0 aromatic carbocycles. The summed E-state index contributed by atoms with van der Waals surface area (Å²) in [4.78, 5) is 11.1. The number of carbonyl (C=O) groups excluding carboxylic acids is 1. The van der Waals surface area contributed by atoms with Gasteiger partial charge in [0.1, 0.15) is 0 Å². The van der Waals surface area contributed by atoms with Crippen LogP contribution in [0.1, 0.15) is 71.6 Å². The number of unbranched alkanes of at least 4 members (excludes halogenated alkanes) is 4. The van der Waals surface area contributed by atoms with E-state index in [1.165, 1.54) is 12.8 Å². The van der Waals surface area contributed by atoms with Gasteiger partial charge in [0.05, 0.1) is 12.7 Å². The third-order valence-electron chi connectivity index (χ3n) is 3.41. The molecule has 1 atom stereocenters. The third-order valence-corrected chi connectivity index (χ3v) is 3.41. The SMILES string of the molecule is CCCCC[C@H](O)/C=C/C=C\CC/C=C\CCCC(=O)OCC. The van der Waals surface area contributed by atoms with E-state index in [9.17, 15) is 9.90 Å². The lowest BCUT2D eigenvalue weighted by Gasteiger charge is -2.02. The minimum Gasteiger partial charge on any atom is -0.466 e. The number of allylic oxidation sites excluding steroid dienone is 5. The summed E-state index contributed by atoms with van der Waals surface area (Å²) in [5, 5.41) is 9.71. The van der Waals surface area contributed by atoms with E-state index >= 15 is 0 Å². The van der Waals surface area contributed by atoms with Gasteiger partial charge in [-0.05, 0) is 39.0 Å². The van der Waals surface area contributed by atoms with Gasteiger partial charge in [-0.15, -0.1) is 0 Å². The topological polar surface area (TPSA) is 46.5 Å². The monoisotopic (exact) mass is 322 g/mol. The highest BCUT2D eigenvalue weighted by Gasteiger charge is 1.98. The van der Waals surface area contributed by atoms with Crippen molar-refractivity contribution < 1.29 is 14.6 Å². The predicted molar refractivity (Wildman–Crippen MR) is 97.3 cm³/mol. The van der Waals surface area contributed by atoms with E-state index in [0.717, 1.165) is 38.5 Å². The van der Waals surface area contributed by atoms with E-state index in [4.69, 9.17) is 4.74 Å². The molecule has 0 saturated heterocycles.